The van der Waals surface area contributed by atoms with E-state index in [0.717, 1.165) is 36.1 Å². The van der Waals surface area contributed by atoms with Crippen LogP contribution in [0.4, 0.5) is 0 Å². The van der Waals surface area contributed by atoms with Crippen LogP contribution in [0.2, 0.25) is 0 Å². The van der Waals surface area contributed by atoms with Gasteiger partial charge in [0.1, 0.15) is 6.26 Å². The number of thiophene rings is 1. The molecule has 1 fully saturated rings. The van der Waals surface area contributed by atoms with Gasteiger partial charge >= 0.3 is 0 Å². The highest BCUT2D eigenvalue weighted by atomic mass is 32.1. The summed E-state index contributed by atoms with van der Waals surface area (Å²) < 4.78 is 7.68. The van der Waals surface area contributed by atoms with E-state index in [-0.39, 0.29) is 0 Å². The Labute approximate surface area is 139 Å². The van der Waals surface area contributed by atoms with Crippen LogP contribution in [0.5, 0.6) is 0 Å². The van der Waals surface area contributed by atoms with Crippen molar-refractivity contribution >= 4 is 11.3 Å². The third-order valence-electron chi connectivity index (χ3n) is 4.35. The van der Waals surface area contributed by atoms with Crippen molar-refractivity contribution in [3.63, 3.8) is 0 Å². The van der Waals surface area contributed by atoms with Gasteiger partial charge in [-0.3, -0.25) is 9.58 Å². The highest BCUT2D eigenvalue weighted by Crippen LogP contribution is 2.25. The standard InChI is InChI=1S/C17H20N4OS/c1-2-8-20(15(5-1)12-21-9-4-7-18-21)11-14-13-22-17(19-14)16-6-3-10-23-16/h3-4,6-7,9-10,13,15H,1-2,5,8,11-12H2. The van der Waals surface area contributed by atoms with E-state index in [0.29, 0.717) is 6.04 Å². The lowest BCUT2D eigenvalue weighted by Crippen LogP contribution is -2.41. The Morgan fingerprint density at radius 2 is 2.30 bits per heavy atom. The van der Waals surface area contributed by atoms with Crippen molar-refractivity contribution in [2.75, 3.05) is 6.54 Å². The van der Waals surface area contributed by atoms with Gasteiger partial charge in [-0.15, -0.1) is 11.3 Å². The number of aromatic nitrogens is 3. The van der Waals surface area contributed by atoms with Gasteiger partial charge in [0.2, 0.25) is 5.89 Å². The van der Waals surface area contributed by atoms with Gasteiger partial charge in [0.05, 0.1) is 17.1 Å². The van der Waals surface area contributed by atoms with Crippen molar-refractivity contribution < 1.29 is 4.42 Å². The highest BCUT2D eigenvalue weighted by Gasteiger charge is 2.24. The molecule has 1 saturated heterocycles. The molecule has 0 aromatic carbocycles. The van der Waals surface area contributed by atoms with E-state index in [1.165, 1.54) is 19.3 Å². The maximum absolute atomic E-state index is 5.65. The minimum Gasteiger partial charge on any atom is -0.444 e. The lowest BCUT2D eigenvalue weighted by molar-refractivity contribution is 0.120. The summed E-state index contributed by atoms with van der Waals surface area (Å²) in [6, 6.07) is 6.57. The summed E-state index contributed by atoms with van der Waals surface area (Å²) in [5.74, 6) is 0.732. The van der Waals surface area contributed by atoms with E-state index >= 15 is 0 Å². The van der Waals surface area contributed by atoms with Crippen LogP contribution in [0.25, 0.3) is 10.8 Å². The number of hydrogen-bond acceptors (Lipinski definition) is 5. The Balaban J connectivity index is 1.45. The number of piperidine rings is 1. The maximum atomic E-state index is 5.65. The Kier molecular flexibility index (Phi) is 4.26. The fourth-order valence-corrected chi connectivity index (χ4v) is 3.86. The second-order valence-corrected chi connectivity index (χ2v) is 6.92. The Hall–Kier alpha value is -1.92. The molecular formula is C17H20N4OS. The van der Waals surface area contributed by atoms with Crippen LogP contribution in [0.15, 0.2) is 46.7 Å². The van der Waals surface area contributed by atoms with Gasteiger partial charge in [0.25, 0.3) is 0 Å². The molecule has 0 N–H and O–H groups in total. The van der Waals surface area contributed by atoms with Gasteiger partial charge in [-0.2, -0.15) is 5.10 Å². The molecule has 0 amide bonds. The van der Waals surface area contributed by atoms with Crippen molar-refractivity contribution in [2.45, 2.75) is 38.4 Å². The van der Waals surface area contributed by atoms with E-state index < -0.39 is 0 Å². The minimum absolute atomic E-state index is 0.519. The molecule has 6 heteroatoms. The summed E-state index contributed by atoms with van der Waals surface area (Å²) in [6.45, 7) is 2.91. The van der Waals surface area contributed by atoms with E-state index in [2.05, 4.69) is 15.0 Å². The number of hydrogen-bond donors (Lipinski definition) is 0. The van der Waals surface area contributed by atoms with Crippen molar-refractivity contribution in [2.24, 2.45) is 0 Å². The van der Waals surface area contributed by atoms with Crippen LogP contribution in [-0.4, -0.2) is 32.3 Å². The van der Waals surface area contributed by atoms with Gasteiger partial charge in [-0.25, -0.2) is 4.98 Å². The number of oxazole rings is 1. The molecule has 4 rings (SSSR count). The van der Waals surface area contributed by atoms with Crippen LogP contribution in [0.3, 0.4) is 0 Å². The summed E-state index contributed by atoms with van der Waals surface area (Å²) in [5, 5.41) is 6.39. The maximum Gasteiger partial charge on any atom is 0.236 e. The summed E-state index contributed by atoms with van der Waals surface area (Å²) in [5.41, 5.74) is 1.01. The molecule has 0 bridgehead atoms. The van der Waals surface area contributed by atoms with Crippen molar-refractivity contribution in [1.82, 2.24) is 19.7 Å². The molecule has 5 nitrogen and oxygen atoms in total. The predicted molar refractivity (Wildman–Crippen MR) is 90.1 cm³/mol. The van der Waals surface area contributed by atoms with E-state index in [1.807, 2.05) is 40.7 Å². The molecule has 0 radical (unpaired) electrons. The molecule has 1 atom stereocenters. The van der Waals surface area contributed by atoms with Gasteiger partial charge in [-0.05, 0) is 36.9 Å². The topological polar surface area (TPSA) is 47.1 Å². The van der Waals surface area contributed by atoms with Gasteiger partial charge in [0, 0.05) is 25.0 Å². The van der Waals surface area contributed by atoms with Crippen LogP contribution < -0.4 is 0 Å². The first-order valence-corrected chi connectivity index (χ1v) is 8.96. The SMILES string of the molecule is c1csc(-c2nc(CN3CCCCC3Cn3cccn3)co2)c1. The largest absolute Gasteiger partial charge is 0.444 e. The molecule has 3 aromatic heterocycles. The molecule has 3 aromatic rings. The first kappa shape index (κ1) is 14.7. The number of nitrogens with zero attached hydrogens (tertiary/aromatic N) is 4. The fourth-order valence-electron chi connectivity index (χ4n) is 3.20. The molecule has 1 aliphatic rings. The van der Waals surface area contributed by atoms with Crippen LogP contribution in [0.1, 0.15) is 25.0 Å². The summed E-state index contributed by atoms with van der Waals surface area (Å²) in [7, 11) is 0. The molecule has 0 spiro atoms. The van der Waals surface area contributed by atoms with Gasteiger partial charge < -0.3 is 4.42 Å². The Bertz CT molecular complexity index is 720. The predicted octanol–water partition coefficient (Wildman–Crippen LogP) is 3.65. The highest BCUT2D eigenvalue weighted by molar-refractivity contribution is 7.13. The monoisotopic (exact) mass is 328 g/mol. The Morgan fingerprint density at radius 1 is 1.30 bits per heavy atom. The van der Waals surface area contributed by atoms with E-state index in [9.17, 15) is 0 Å². The first-order valence-electron chi connectivity index (χ1n) is 8.08. The molecule has 0 saturated carbocycles. The molecule has 120 valence electrons. The summed E-state index contributed by atoms with van der Waals surface area (Å²) >= 11 is 1.66. The van der Waals surface area contributed by atoms with Crippen LogP contribution >= 0.6 is 11.3 Å². The zero-order valence-electron chi connectivity index (χ0n) is 13.0. The second-order valence-electron chi connectivity index (χ2n) is 5.97. The molecule has 1 unspecified atom stereocenters. The molecule has 23 heavy (non-hydrogen) atoms. The summed E-state index contributed by atoms with van der Waals surface area (Å²) in [6.07, 6.45) is 9.45. The molecular weight excluding hydrogens is 308 g/mol. The third-order valence-corrected chi connectivity index (χ3v) is 5.21. The zero-order valence-corrected chi connectivity index (χ0v) is 13.8. The minimum atomic E-state index is 0.519. The zero-order chi connectivity index (χ0) is 15.5. The average Bonchev–Trinajstić information content (AvgIpc) is 3.31. The fraction of sp³-hybridized carbons (Fsp3) is 0.412. The lowest BCUT2D eigenvalue weighted by Gasteiger charge is -2.35. The van der Waals surface area contributed by atoms with E-state index in [4.69, 9.17) is 4.42 Å². The molecule has 4 heterocycles. The summed E-state index contributed by atoms with van der Waals surface area (Å²) in [4.78, 5) is 8.26. The van der Waals surface area contributed by atoms with Gasteiger partial charge in [-0.1, -0.05) is 12.5 Å². The number of rotatable bonds is 5. The van der Waals surface area contributed by atoms with Crippen molar-refractivity contribution in [3.8, 4) is 10.8 Å². The molecule has 1 aliphatic heterocycles. The normalized spacial score (nSPS) is 19.2. The third kappa shape index (κ3) is 3.38. The van der Waals surface area contributed by atoms with Gasteiger partial charge in [0.15, 0.2) is 0 Å². The molecule has 0 aliphatic carbocycles. The smallest absolute Gasteiger partial charge is 0.236 e. The van der Waals surface area contributed by atoms with Crippen LogP contribution in [-0.2, 0) is 13.1 Å². The quantitative estimate of drug-likeness (QED) is 0.717. The first-order chi connectivity index (χ1) is 11.4. The number of likely N-dealkylation sites (tertiary alicyclic amines) is 1. The lowest BCUT2D eigenvalue weighted by atomic mass is 10.0. The Morgan fingerprint density at radius 3 is 3.13 bits per heavy atom. The second kappa shape index (κ2) is 6.68. The van der Waals surface area contributed by atoms with Crippen molar-refractivity contribution in [3.05, 3.63) is 47.9 Å². The average molecular weight is 328 g/mol. The van der Waals surface area contributed by atoms with Crippen molar-refractivity contribution in [1.29, 1.82) is 0 Å². The van der Waals surface area contributed by atoms with Crippen LogP contribution in [0, 0.1) is 0 Å². The van der Waals surface area contributed by atoms with E-state index in [1.54, 1.807) is 17.6 Å².